The lowest BCUT2D eigenvalue weighted by Gasteiger charge is -2.16. The van der Waals surface area contributed by atoms with Crippen LogP contribution in [0, 0.1) is 0 Å². The van der Waals surface area contributed by atoms with E-state index in [1.54, 1.807) is 6.92 Å². The van der Waals surface area contributed by atoms with Gasteiger partial charge in [0.2, 0.25) is 11.6 Å². The molecule has 0 spiro atoms. The van der Waals surface area contributed by atoms with Crippen molar-refractivity contribution in [2.75, 3.05) is 20.3 Å². The summed E-state index contributed by atoms with van der Waals surface area (Å²) in [5.41, 5.74) is 0.533. The second kappa shape index (κ2) is 10.6. The summed E-state index contributed by atoms with van der Waals surface area (Å²) in [5.74, 6) is -0.739. The molecule has 0 amide bonds. The van der Waals surface area contributed by atoms with Crippen molar-refractivity contribution in [2.24, 2.45) is 0 Å². The fourth-order valence-electron chi connectivity index (χ4n) is 2.38. The van der Waals surface area contributed by atoms with Crippen LogP contribution in [0.5, 0.6) is 0 Å². The molecule has 0 aliphatic heterocycles. The maximum Gasteiger partial charge on any atom is 0.305 e. The zero-order valence-electron chi connectivity index (χ0n) is 14.8. The molecule has 6 heteroatoms. The highest BCUT2D eigenvalue weighted by Crippen LogP contribution is 2.17. The molecule has 1 rings (SSSR count). The number of ketones is 2. The quantitative estimate of drug-likeness (QED) is 0.354. The molecule has 0 unspecified atom stereocenters. The summed E-state index contributed by atoms with van der Waals surface area (Å²) in [6.07, 6.45) is 6.33. The average molecular weight is 337 g/mol. The molecule has 0 saturated carbocycles. The molecule has 1 aliphatic rings. The Bertz CT molecular complexity index is 534. The highest BCUT2D eigenvalue weighted by molar-refractivity contribution is 6.21. The van der Waals surface area contributed by atoms with Gasteiger partial charge in [-0.25, -0.2) is 0 Å². The Morgan fingerprint density at radius 2 is 1.92 bits per heavy atom. The number of carbonyl (C=O) groups excluding carboxylic acids is 3. The predicted octanol–water partition coefficient (Wildman–Crippen LogP) is 2.44. The summed E-state index contributed by atoms with van der Waals surface area (Å²) < 4.78 is 10.1. The molecule has 134 valence electrons. The lowest BCUT2D eigenvalue weighted by atomic mass is 10.00. The monoisotopic (exact) mass is 337 g/mol. The van der Waals surface area contributed by atoms with E-state index < -0.39 is 0 Å². The van der Waals surface area contributed by atoms with Crippen LogP contribution in [0.4, 0.5) is 0 Å². The second-order valence-electron chi connectivity index (χ2n) is 5.72. The first-order valence-corrected chi connectivity index (χ1v) is 8.46. The molecule has 0 bridgehead atoms. The number of methoxy groups -OCH3 is 1. The fraction of sp³-hybridized carbons (Fsp3) is 0.611. The molecule has 1 N–H and O–H groups in total. The molecule has 24 heavy (non-hydrogen) atoms. The number of nitrogens with one attached hydrogen (secondary N) is 1. The molecule has 0 radical (unpaired) electrons. The number of unbranched alkanes of at least 4 members (excludes halogenated alkanes) is 3. The van der Waals surface area contributed by atoms with Crippen molar-refractivity contribution in [3.63, 3.8) is 0 Å². The van der Waals surface area contributed by atoms with Gasteiger partial charge in [-0.2, -0.15) is 0 Å². The van der Waals surface area contributed by atoms with Crippen molar-refractivity contribution in [3.8, 4) is 0 Å². The minimum absolute atomic E-state index is 0.0807. The van der Waals surface area contributed by atoms with Crippen molar-refractivity contribution >= 4 is 17.5 Å². The molecule has 0 aromatic heterocycles. The van der Waals surface area contributed by atoms with Crippen molar-refractivity contribution < 1.29 is 23.9 Å². The Labute approximate surface area is 143 Å². The third-order valence-electron chi connectivity index (χ3n) is 3.76. The average Bonchev–Trinajstić information content (AvgIpc) is 2.56. The van der Waals surface area contributed by atoms with E-state index in [1.165, 1.54) is 13.2 Å². The zero-order valence-corrected chi connectivity index (χ0v) is 14.8. The lowest BCUT2D eigenvalue weighted by molar-refractivity contribution is -0.143. The van der Waals surface area contributed by atoms with Crippen LogP contribution < -0.4 is 5.32 Å². The Morgan fingerprint density at radius 3 is 2.58 bits per heavy atom. The third kappa shape index (κ3) is 6.18. The molecule has 6 nitrogen and oxygen atoms in total. The van der Waals surface area contributed by atoms with Gasteiger partial charge in [-0.15, -0.1) is 0 Å². The highest BCUT2D eigenvalue weighted by Gasteiger charge is 2.26. The Morgan fingerprint density at radius 1 is 1.17 bits per heavy atom. The number of esters is 1. The molecule has 0 heterocycles. The SMILES string of the molecule is CCCCCCOC(=O)CCCNC1=CC(=O)C(OC)=C(C)C1=O. The summed E-state index contributed by atoms with van der Waals surface area (Å²) >= 11 is 0. The van der Waals surface area contributed by atoms with E-state index in [9.17, 15) is 14.4 Å². The molecule has 0 saturated heterocycles. The normalized spacial score (nSPS) is 14.5. The van der Waals surface area contributed by atoms with E-state index in [1.807, 2.05) is 0 Å². The van der Waals surface area contributed by atoms with Crippen LogP contribution in [-0.2, 0) is 23.9 Å². The van der Waals surface area contributed by atoms with E-state index in [0.29, 0.717) is 25.1 Å². The second-order valence-corrected chi connectivity index (χ2v) is 5.72. The zero-order chi connectivity index (χ0) is 17.9. The fourth-order valence-corrected chi connectivity index (χ4v) is 2.38. The number of carbonyl (C=O) groups is 3. The Kier molecular flexibility index (Phi) is 8.83. The summed E-state index contributed by atoms with van der Waals surface area (Å²) in [6, 6.07) is 0. The smallest absolute Gasteiger partial charge is 0.305 e. The maximum atomic E-state index is 12.1. The Balaban J connectivity index is 2.25. The van der Waals surface area contributed by atoms with E-state index in [0.717, 1.165) is 25.7 Å². The van der Waals surface area contributed by atoms with Gasteiger partial charge in [-0.3, -0.25) is 14.4 Å². The van der Waals surface area contributed by atoms with Gasteiger partial charge in [0.15, 0.2) is 5.76 Å². The minimum Gasteiger partial charge on any atom is -0.492 e. The van der Waals surface area contributed by atoms with Crippen LogP contribution in [0.3, 0.4) is 0 Å². The van der Waals surface area contributed by atoms with Crippen LogP contribution in [0.25, 0.3) is 0 Å². The van der Waals surface area contributed by atoms with Crippen molar-refractivity contribution in [3.05, 3.63) is 23.1 Å². The summed E-state index contributed by atoms with van der Waals surface area (Å²) in [4.78, 5) is 35.5. The molecular weight excluding hydrogens is 310 g/mol. The van der Waals surface area contributed by atoms with Crippen molar-refractivity contribution in [1.82, 2.24) is 5.32 Å². The number of ether oxygens (including phenoxy) is 2. The first kappa shape index (κ1) is 19.9. The lowest BCUT2D eigenvalue weighted by Crippen LogP contribution is -2.28. The summed E-state index contributed by atoms with van der Waals surface area (Å²) in [6.45, 7) is 4.58. The number of Topliss-reactive ketones (excluding diaryl/α,β-unsaturated/α-hetero) is 1. The molecule has 0 aromatic carbocycles. The van der Waals surface area contributed by atoms with Gasteiger partial charge in [-0.1, -0.05) is 26.2 Å². The van der Waals surface area contributed by atoms with E-state index >= 15 is 0 Å². The van der Waals surface area contributed by atoms with Crippen molar-refractivity contribution in [1.29, 1.82) is 0 Å². The van der Waals surface area contributed by atoms with Gasteiger partial charge in [0.25, 0.3) is 0 Å². The molecule has 1 aliphatic carbocycles. The maximum absolute atomic E-state index is 12.1. The summed E-state index contributed by atoms with van der Waals surface area (Å²) in [5, 5.41) is 2.91. The van der Waals surface area contributed by atoms with Crippen LogP contribution in [-0.4, -0.2) is 37.8 Å². The highest BCUT2D eigenvalue weighted by atomic mass is 16.5. The van der Waals surface area contributed by atoms with Crippen LogP contribution >= 0.6 is 0 Å². The van der Waals surface area contributed by atoms with Crippen LogP contribution in [0.2, 0.25) is 0 Å². The first-order chi connectivity index (χ1) is 11.5. The molecule has 0 aromatic rings. The molecule has 0 atom stereocenters. The first-order valence-electron chi connectivity index (χ1n) is 8.46. The van der Waals surface area contributed by atoms with E-state index in [-0.39, 0.29) is 35.4 Å². The minimum atomic E-state index is -0.330. The largest absolute Gasteiger partial charge is 0.492 e. The topological polar surface area (TPSA) is 81.7 Å². The number of hydrogen-bond donors (Lipinski definition) is 1. The van der Waals surface area contributed by atoms with Gasteiger partial charge in [-0.05, 0) is 19.8 Å². The summed E-state index contributed by atoms with van der Waals surface area (Å²) in [7, 11) is 1.37. The van der Waals surface area contributed by atoms with E-state index in [4.69, 9.17) is 9.47 Å². The molecular formula is C18H27NO5. The number of allylic oxidation sites excluding steroid dienone is 2. The van der Waals surface area contributed by atoms with Gasteiger partial charge < -0.3 is 14.8 Å². The third-order valence-corrected chi connectivity index (χ3v) is 3.76. The Hall–Kier alpha value is -2.11. The number of hydrogen-bond acceptors (Lipinski definition) is 6. The van der Waals surface area contributed by atoms with Gasteiger partial charge in [0.1, 0.15) is 0 Å². The van der Waals surface area contributed by atoms with Gasteiger partial charge >= 0.3 is 5.97 Å². The van der Waals surface area contributed by atoms with Gasteiger partial charge in [0, 0.05) is 24.6 Å². The van der Waals surface area contributed by atoms with Crippen LogP contribution in [0.15, 0.2) is 23.1 Å². The predicted molar refractivity (Wildman–Crippen MR) is 90.1 cm³/mol. The number of rotatable bonds is 11. The standard InChI is InChI=1S/C18H27NO5/c1-4-5-6-7-11-24-16(21)9-8-10-19-14-12-15(20)18(23-3)13(2)17(14)22/h12,19H,4-11H2,1-3H3. The molecule has 0 fully saturated rings. The van der Waals surface area contributed by atoms with Crippen molar-refractivity contribution in [2.45, 2.75) is 52.4 Å². The van der Waals surface area contributed by atoms with Crippen LogP contribution in [0.1, 0.15) is 52.4 Å². The van der Waals surface area contributed by atoms with E-state index in [2.05, 4.69) is 12.2 Å². The van der Waals surface area contributed by atoms with Gasteiger partial charge in [0.05, 0.1) is 19.4 Å².